The normalized spacial score (nSPS) is 20.1. The lowest BCUT2D eigenvalue weighted by atomic mass is 10.3. The molecule has 1 aliphatic rings. The van der Waals surface area contributed by atoms with E-state index in [1.165, 1.54) is 0 Å². The number of carbonyl (C=O) groups excluding carboxylic acids is 1. The predicted octanol–water partition coefficient (Wildman–Crippen LogP) is 0.868. The van der Waals surface area contributed by atoms with E-state index in [0.29, 0.717) is 13.2 Å². The monoisotopic (exact) mass is 210 g/mol. The molecule has 1 unspecified atom stereocenters. The van der Waals surface area contributed by atoms with Gasteiger partial charge in [0.2, 0.25) is 0 Å². The van der Waals surface area contributed by atoms with Gasteiger partial charge in [-0.15, -0.1) is 0 Å². The van der Waals surface area contributed by atoms with E-state index in [-0.39, 0.29) is 12.1 Å². The van der Waals surface area contributed by atoms with E-state index in [1.54, 1.807) is 12.5 Å². The van der Waals surface area contributed by atoms with Crippen molar-refractivity contribution in [2.75, 3.05) is 13.2 Å². The topological polar surface area (TPSA) is 63.5 Å². The molecule has 2 N–H and O–H groups in total. The van der Waals surface area contributed by atoms with Crippen molar-refractivity contribution in [3.8, 4) is 0 Å². The molecule has 1 aromatic heterocycles. The Labute approximate surface area is 87.8 Å². The highest BCUT2D eigenvalue weighted by Gasteiger charge is 2.17. The summed E-state index contributed by atoms with van der Waals surface area (Å²) in [5.74, 6) is 0. The second kappa shape index (κ2) is 4.84. The van der Waals surface area contributed by atoms with Crippen LogP contribution in [0.25, 0.3) is 0 Å². The third-order valence-corrected chi connectivity index (χ3v) is 2.30. The summed E-state index contributed by atoms with van der Waals surface area (Å²) in [6, 6.07) is 1.81. The fraction of sp³-hybridized carbons (Fsp3) is 0.500. The predicted molar refractivity (Wildman–Crippen MR) is 53.3 cm³/mol. The van der Waals surface area contributed by atoms with Crippen LogP contribution in [0.1, 0.15) is 12.0 Å². The minimum absolute atomic E-state index is 0.148. The molecule has 82 valence electrons. The lowest BCUT2D eigenvalue weighted by Gasteiger charge is -2.10. The molecule has 0 bridgehead atoms. The minimum Gasteiger partial charge on any atom is -0.472 e. The molecule has 5 heteroatoms. The Morgan fingerprint density at radius 3 is 3.20 bits per heavy atom. The molecule has 1 aromatic rings. The quantitative estimate of drug-likeness (QED) is 0.778. The number of amides is 2. The second-order valence-corrected chi connectivity index (χ2v) is 3.52. The van der Waals surface area contributed by atoms with Gasteiger partial charge in [0.05, 0.1) is 25.2 Å². The van der Waals surface area contributed by atoms with Gasteiger partial charge in [0.25, 0.3) is 0 Å². The zero-order valence-electron chi connectivity index (χ0n) is 8.36. The molecule has 1 atom stereocenters. The Bertz CT molecular complexity index is 304. The zero-order valence-corrected chi connectivity index (χ0v) is 8.36. The number of ether oxygens (including phenoxy) is 1. The summed E-state index contributed by atoms with van der Waals surface area (Å²) >= 11 is 0. The summed E-state index contributed by atoms with van der Waals surface area (Å²) in [4.78, 5) is 11.4. The molecule has 0 spiro atoms. The lowest BCUT2D eigenvalue weighted by molar-refractivity contribution is 0.188. The third kappa shape index (κ3) is 2.99. The van der Waals surface area contributed by atoms with Crippen LogP contribution in [0, 0.1) is 0 Å². The van der Waals surface area contributed by atoms with Gasteiger partial charge in [0.15, 0.2) is 0 Å². The summed E-state index contributed by atoms with van der Waals surface area (Å²) < 4.78 is 10.0. The van der Waals surface area contributed by atoms with E-state index in [4.69, 9.17) is 9.15 Å². The van der Waals surface area contributed by atoms with E-state index in [9.17, 15) is 4.79 Å². The SMILES string of the molecule is O=C(NCc1ccoc1)NC1CCOC1. The van der Waals surface area contributed by atoms with Gasteiger partial charge in [-0.25, -0.2) is 4.79 Å². The van der Waals surface area contributed by atoms with E-state index < -0.39 is 0 Å². The van der Waals surface area contributed by atoms with Gasteiger partial charge in [-0.2, -0.15) is 0 Å². The van der Waals surface area contributed by atoms with E-state index in [0.717, 1.165) is 18.6 Å². The average molecular weight is 210 g/mol. The van der Waals surface area contributed by atoms with Gasteiger partial charge in [-0.05, 0) is 12.5 Å². The summed E-state index contributed by atoms with van der Waals surface area (Å²) in [5.41, 5.74) is 0.952. The van der Waals surface area contributed by atoms with Gasteiger partial charge in [-0.3, -0.25) is 0 Å². The number of urea groups is 1. The van der Waals surface area contributed by atoms with Crippen molar-refractivity contribution >= 4 is 6.03 Å². The number of nitrogens with one attached hydrogen (secondary N) is 2. The van der Waals surface area contributed by atoms with E-state index in [2.05, 4.69) is 10.6 Å². The van der Waals surface area contributed by atoms with Crippen LogP contribution in [0.3, 0.4) is 0 Å². The maximum Gasteiger partial charge on any atom is 0.315 e. The fourth-order valence-corrected chi connectivity index (χ4v) is 1.46. The Morgan fingerprint density at radius 1 is 1.60 bits per heavy atom. The fourth-order valence-electron chi connectivity index (χ4n) is 1.46. The molecule has 1 fully saturated rings. The molecule has 2 rings (SSSR count). The molecule has 1 aliphatic heterocycles. The number of carbonyl (C=O) groups is 1. The van der Waals surface area contributed by atoms with Crippen LogP contribution in [0.2, 0.25) is 0 Å². The highest BCUT2D eigenvalue weighted by molar-refractivity contribution is 5.74. The van der Waals surface area contributed by atoms with Gasteiger partial charge >= 0.3 is 6.03 Å². The molecule has 1 saturated heterocycles. The summed E-state index contributed by atoms with van der Waals surface area (Å²) in [6.45, 7) is 1.82. The van der Waals surface area contributed by atoms with Crippen LogP contribution >= 0.6 is 0 Å². The molecule has 0 saturated carbocycles. The summed E-state index contributed by atoms with van der Waals surface area (Å²) in [6.07, 6.45) is 4.08. The first-order valence-corrected chi connectivity index (χ1v) is 4.98. The van der Waals surface area contributed by atoms with Crippen LogP contribution < -0.4 is 10.6 Å². The Kier molecular flexibility index (Phi) is 3.24. The second-order valence-electron chi connectivity index (χ2n) is 3.52. The van der Waals surface area contributed by atoms with E-state index in [1.807, 2.05) is 6.07 Å². The van der Waals surface area contributed by atoms with Gasteiger partial charge in [0, 0.05) is 18.7 Å². The van der Waals surface area contributed by atoms with Crippen LogP contribution in [-0.4, -0.2) is 25.3 Å². The molecule has 0 aliphatic carbocycles. The van der Waals surface area contributed by atoms with Gasteiger partial charge < -0.3 is 19.8 Å². The molecule has 2 amide bonds. The van der Waals surface area contributed by atoms with Crippen molar-refractivity contribution in [2.45, 2.75) is 19.0 Å². The Balaban J connectivity index is 1.68. The van der Waals surface area contributed by atoms with Crippen LogP contribution in [0.15, 0.2) is 23.0 Å². The van der Waals surface area contributed by atoms with Crippen LogP contribution in [0.4, 0.5) is 4.79 Å². The highest BCUT2D eigenvalue weighted by Crippen LogP contribution is 2.03. The largest absolute Gasteiger partial charge is 0.472 e. The van der Waals surface area contributed by atoms with Crippen LogP contribution in [-0.2, 0) is 11.3 Å². The van der Waals surface area contributed by atoms with Crippen molar-refractivity contribution in [3.63, 3.8) is 0 Å². The smallest absolute Gasteiger partial charge is 0.315 e. The average Bonchev–Trinajstić information content (AvgIpc) is 2.86. The van der Waals surface area contributed by atoms with E-state index >= 15 is 0 Å². The number of hydrogen-bond acceptors (Lipinski definition) is 3. The molecular weight excluding hydrogens is 196 g/mol. The maximum atomic E-state index is 11.4. The van der Waals surface area contributed by atoms with Crippen molar-refractivity contribution in [1.82, 2.24) is 10.6 Å². The summed E-state index contributed by atoms with van der Waals surface area (Å²) in [7, 11) is 0. The summed E-state index contributed by atoms with van der Waals surface area (Å²) in [5, 5.41) is 5.58. The molecule has 5 nitrogen and oxygen atoms in total. The third-order valence-electron chi connectivity index (χ3n) is 2.30. The molecular formula is C10H14N2O3. The van der Waals surface area contributed by atoms with Crippen molar-refractivity contribution in [1.29, 1.82) is 0 Å². The standard InChI is InChI=1S/C10H14N2O3/c13-10(12-9-2-4-15-7-9)11-5-8-1-3-14-6-8/h1,3,6,9H,2,4-5,7H2,(H2,11,12,13). The Morgan fingerprint density at radius 2 is 2.53 bits per heavy atom. The molecule has 2 heterocycles. The highest BCUT2D eigenvalue weighted by atomic mass is 16.5. The first kappa shape index (κ1) is 10.0. The first-order valence-electron chi connectivity index (χ1n) is 4.98. The molecule has 0 radical (unpaired) electrons. The number of furan rings is 1. The van der Waals surface area contributed by atoms with Crippen molar-refractivity contribution in [2.24, 2.45) is 0 Å². The minimum atomic E-state index is -0.160. The number of rotatable bonds is 3. The molecule has 15 heavy (non-hydrogen) atoms. The lowest BCUT2D eigenvalue weighted by Crippen LogP contribution is -2.41. The van der Waals surface area contributed by atoms with Crippen molar-refractivity contribution < 1.29 is 13.9 Å². The maximum absolute atomic E-state index is 11.4. The van der Waals surface area contributed by atoms with Crippen LogP contribution in [0.5, 0.6) is 0 Å². The molecule has 0 aromatic carbocycles. The first-order chi connectivity index (χ1) is 7.34. The van der Waals surface area contributed by atoms with Crippen molar-refractivity contribution in [3.05, 3.63) is 24.2 Å². The zero-order chi connectivity index (χ0) is 10.5. The van der Waals surface area contributed by atoms with Gasteiger partial charge in [-0.1, -0.05) is 0 Å². The number of hydrogen-bond donors (Lipinski definition) is 2. The van der Waals surface area contributed by atoms with Gasteiger partial charge in [0.1, 0.15) is 0 Å². The Hall–Kier alpha value is -1.49.